The van der Waals surface area contributed by atoms with E-state index in [2.05, 4.69) is 5.32 Å². The largest absolute Gasteiger partial charge is 0.497 e. The molecule has 2 aromatic rings. The Morgan fingerprint density at radius 2 is 1.82 bits per heavy atom. The fourth-order valence-electron chi connectivity index (χ4n) is 3.21. The van der Waals surface area contributed by atoms with Crippen molar-refractivity contribution in [1.29, 1.82) is 0 Å². The highest BCUT2D eigenvalue weighted by atomic mass is 16.5. The summed E-state index contributed by atoms with van der Waals surface area (Å²) in [5, 5.41) is 2.47. The van der Waals surface area contributed by atoms with Crippen LogP contribution >= 0.6 is 0 Å². The van der Waals surface area contributed by atoms with Gasteiger partial charge in [0.05, 0.1) is 7.11 Å². The lowest BCUT2D eigenvalue weighted by atomic mass is 10.1. The zero-order valence-electron chi connectivity index (χ0n) is 15.8. The molecule has 28 heavy (non-hydrogen) atoms. The number of hydrogen-bond acceptors (Lipinski definition) is 5. The van der Waals surface area contributed by atoms with E-state index in [1.165, 1.54) is 7.11 Å². The van der Waals surface area contributed by atoms with Crippen molar-refractivity contribution in [3.63, 3.8) is 0 Å². The number of rotatable bonds is 6. The molecule has 0 saturated carbocycles. The molecule has 3 rings (SSSR count). The van der Waals surface area contributed by atoms with E-state index < -0.39 is 11.9 Å². The molecule has 2 aromatic carbocycles. The summed E-state index contributed by atoms with van der Waals surface area (Å²) in [4.78, 5) is 38.1. The Bertz CT molecular complexity index is 879. The first-order chi connectivity index (χ1) is 13.5. The molecule has 0 aromatic heterocycles. The number of benzene rings is 2. The van der Waals surface area contributed by atoms with E-state index in [-0.39, 0.29) is 25.1 Å². The van der Waals surface area contributed by atoms with Gasteiger partial charge in [-0.25, -0.2) is 0 Å². The first-order valence-corrected chi connectivity index (χ1v) is 8.97. The van der Waals surface area contributed by atoms with Crippen LogP contribution in [0.3, 0.4) is 0 Å². The predicted molar refractivity (Wildman–Crippen MR) is 103 cm³/mol. The molecule has 1 aliphatic heterocycles. The third kappa shape index (κ3) is 4.31. The van der Waals surface area contributed by atoms with Gasteiger partial charge in [-0.05, 0) is 49.2 Å². The first kappa shape index (κ1) is 19.4. The van der Waals surface area contributed by atoms with Gasteiger partial charge in [0.15, 0.2) is 6.61 Å². The molecule has 1 atom stereocenters. The smallest absolute Gasteiger partial charge is 0.325 e. The molecule has 0 bridgehead atoms. The third-order valence-corrected chi connectivity index (χ3v) is 4.58. The minimum Gasteiger partial charge on any atom is -0.497 e. The Kier molecular flexibility index (Phi) is 5.93. The van der Waals surface area contributed by atoms with Crippen LogP contribution in [-0.4, -0.2) is 44.1 Å². The lowest BCUT2D eigenvalue weighted by Crippen LogP contribution is -2.39. The molecular formula is C21H22N2O5. The zero-order chi connectivity index (χ0) is 20.1. The summed E-state index contributed by atoms with van der Waals surface area (Å²) in [5.74, 6) is -0.733. The highest BCUT2D eigenvalue weighted by Gasteiger charge is 2.30. The average molecular weight is 382 g/mol. The SMILES string of the molecule is COc1ccc(C(=O)NCC(=O)OCC(=O)N2c3ccccc3CC2C)cc1. The van der Waals surface area contributed by atoms with E-state index in [0.29, 0.717) is 11.3 Å². The molecule has 1 heterocycles. The van der Waals surface area contributed by atoms with Gasteiger partial charge in [0.1, 0.15) is 12.3 Å². The molecule has 0 spiro atoms. The number of methoxy groups -OCH3 is 1. The predicted octanol–water partition coefficient (Wildman–Crippen LogP) is 1.95. The Morgan fingerprint density at radius 1 is 1.11 bits per heavy atom. The van der Waals surface area contributed by atoms with Crippen molar-refractivity contribution in [3.05, 3.63) is 59.7 Å². The van der Waals surface area contributed by atoms with Crippen LogP contribution in [-0.2, 0) is 20.7 Å². The zero-order valence-corrected chi connectivity index (χ0v) is 15.8. The molecule has 0 radical (unpaired) electrons. The molecule has 1 aliphatic rings. The van der Waals surface area contributed by atoms with Crippen molar-refractivity contribution >= 4 is 23.5 Å². The Hall–Kier alpha value is -3.35. The van der Waals surface area contributed by atoms with E-state index in [0.717, 1.165) is 17.7 Å². The molecule has 146 valence electrons. The van der Waals surface area contributed by atoms with E-state index in [4.69, 9.17) is 9.47 Å². The first-order valence-electron chi connectivity index (χ1n) is 8.97. The van der Waals surface area contributed by atoms with Crippen LogP contribution < -0.4 is 15.0 Å². The standard InChI is InChI=1S/C21H22N2O5/c1-14-11-16-5-3-4-6-18(16)23(14)19(24)13-28-20(25)12-22-21(26)15-7-9-17(27-2)10-8-15/h3-10,14H,11-13H2,1-2H3,(H,22,26). The summed E-state index contributed by atoms with van der Waals surface area (Å²) in [6.07, 6.45) is 0.772. The normalized spacial score (nSPS) is 14.9. The lowest BCUT2D eigenvalue weighted by molar-refractivity contribution is -0.146. The fourth-order valence-corrected chi connectivity index (χ4v) is 3.21. The van der Waals surface area contributed by atoms with Gasteiger partial charge in [-0.15, -0.1) is 0 Å². The number of carbonyl (C=O) groups excluding carboxylic acids is 3. The molecule has 1 N–H and O–H groups in total. The molecule has 0 saturated heterocycles. The number of fused-ring (bicyclic) bond motifs is 1. The summed E-state index contributed by atoms with van der Waals surface area (Å²) >= 11 is 0. The van der Waals surface area contributed by atoms with E-state index >= 15 is 0 Å². The monoisotopic (exact) mass is 382 g/mol. The van der Waals surface area contributed by atoms with Crippen molar-refractivity contribution in [2.24, 2.45) is 0 Å². The van der Waals surface area contributed by atoms with Crippen LogP contribution in [0.15, 0.2) is 48.5 Å². The maximum atomic E-state index is 12.5. The van der Waals surface area contributed by atoms with Gasteiger partial charge in [-0.3, -0.25) is 14.4 Å². The molecule has 7 nitrogen and oxygen atoms in total. The van der Waals surface area contributed by atoms with Crippen LogP contribution in [0, 0.1) is 0 Å². The van der Waals surface area contributed by atoms with Gasteiger partial charge in [-0.1, -0.05) is 18.2 Å². The van der Waals surface area contributed by atoms with Crippen molar-refractivity contribution in [2.75, 3.05) is 25.2 Å². The van der Waals surface area contributed by atoms with Gasteiger partial charge >= 0.3 is 5.97 Å². The van der Waals surface area contributed by atoms with Crippen molar-refractivity contribution in [2.45, 2.75) is 19.4 Å². The number of para-hydroxylation sites is 1. The van der Waals surface area contributed by atoms with E-state index in [9.17, 15) is 14.4 Å². The topological polar surface area (TPSA) is 84.9 Å². The van der Waals surface area contributed by atoms with Crippen LogP contribution in [0.2, 0.25) is 0 Å². The number of hydrogen-bond donors (Lipinski definition) is 1. The number of carbonyl (C=O) groups is 3. The van der Waals surface area contributed by atoms with Crippen LogP contribution in [0.1, 0.15) is 22.8 Å². The minimum absolute atomic E-state index is 0.0124. The minimum atomic E-state index is -0.671. The molecule has 0 fully saturated rings. The highest BCUT2D eigenvalue weighted by molar-refractivity contribution is 5.98. The summed E-state index contributed by atoms with van der Waals surface area (Å²) in [6, 6.07) is 14.2. The maximum Gasteiger partial charge on any atom is 0.325 e. The summed E-state index contributed by atoms with van der Waals surface area (Å²) in [7, 11) is 1.54. The Labute approximate surface area is 163 Å². The van der Waals surface area contributed by atoms with Gasteiger partial charge in [0.25, 0.3) is 11.8 Å². The fraction of sp³-hybridized carbons (Fsp3) is 0.286. The highest BCUT2D eigenvalue weighted by Crippen LogP contribution is 2.31. The quantitative estimate of drug-likeness (QED) is 0.772. The Balaban J connectivity index is 1.47. The molecule has 1 unspecified atom stereocenters. The second-order valence-electron chi connectivity index (χ2n) is 6.52. The molecular weight excluding hydrogens is 360 g/mol. The summed E-state index contributed by atoms with van der Waals surface area (Å²) in [5.41, 5.74) is 2.34. The van der Waals surface area contributed by atoms with Crippen LogP contribution in [0.25, 0.3) is 0 Å². The van der Waals surface area contributed by atoms with Crippen LogP contribution in [0.4, 0.5) is 5.69 Å². The second kappa shape index (κ2) is 8.56. The van der Waals surface area contributed by atoms with Gasteiger partial charge in [-0.2, -0.15) is 0 Å². The molecule has 2 amide bonds. The number of esters is 1. The van der Waals surface area contributed by atoms with E-state index in [1.54, 1.807) is 29.2 Å². The number of nitrogens with zero attached hydrogens (tertiary/aromatic N) is 1. The number of amides is 2. The molecule has 0 aliphatic carbocycles. The number of anilines is 1. The summed E-state index contributed by atoms with van der Waals surface area (Å²) < 4.78 is 10.1. The van der Waals surface area contributed by atoms with Gasteiger partial charge in [0.2, 0.25) is 0 Å². The van der Waals surface area contributed by atoms with Crippen molar-refractivity contribution in [3.8, 4) is 5.75 Å². The van der Waals surface area contributed by atoms with Gasteiger partial charge in [0, 0.05) is 17.3 Å². The summed E-state index contributed by atoms with van der Waals surface area (Å²) in [6.45, 7) is 1.27. The van der Waals surface area contributed by atoms with Gasteiger partial charge < -0.3 is 19.7 Å². The van der Waals surface area contributed by atoms with Crippen molar-refractivity contribution in [1.82, 2.24) is 5.32 Å². The Morgan fingerprint density at radius 3 is 2.54 bits per heavy atom. The number of nitrogens with one attached hydrogen (secondary N) is 1. The molecule has 7 heteroatoms. The van der Waals surface area contributed by atoms with Crippen molar-refractivity contribution < 1.29 is 23.9 Å². The number of ether oxygens (including phenoxy) is 2. The van der Waals surface area contributed by atoms with E-state index in [1.807, 2.05) is 31.2 Å². The lowest BCUT2D eigenvalue weighted by Gasteiger charge is -2.22. The average Bonchev–Trinajstić information content (AvgIpc) is 3.06. The van der Waals surface area contributed by atoms with Crippen LogP contribution in [0.5, 0.6) is 5.75 Å². The second-order valence-corrected chi connectivity index (χ2v) is 6.52. The maximum absolute atomic E-state index is 12.5. The third-order valence-electron chi connectivity index (χ3n) is 4.58.